The third kappa shape index (κ3) is 4.07. The van der Waals surface area contributed by atoms with Crippen molar-refractivity contribution in [1.29, 1.82) is 0 Å². The lowest BCUT2D eigenvalue weighted by Gasteiger charge is -2.19. The Morgan fingerprint density at radius 3 is 2.71 bits per heavy atom. The number of rotatable bonds is 7. The first kappa shape index (κ1) is 15.6. The van der Waals surface area contributed by atoms with Crippen molar-refractivity contribution >= 4 is 11.9 Å². The number of methoxy groups -OCH3 is 1. The van der Waals surface area contributed by atoms with E-state index in [-0.39, 0.29) is 12.5 Å². The normalized spacial score (nSPS) is 14.3. The van der Waals surface area contributed by atoms with E-state index in [1.807, 2.05) is 4.90 Å². The Bertz CT molecular complexity index is 518. The molecule has 0 N–H and O–H groups in total. The molecule has 1 saturated carbocycles. The van der Waals surface area contributed by atoms with E-state index >= 15 is 0 Å². The minimum absolute atomic E-state index is 0.235. The predicted octanol–water partition coefficient (Wildman–Crippen LogP) is 1.90. The zero-order valence-corrected chi connectivity index (χ0v) is 12.7. The van der Waals surface area contributed by atoms with Crippen molar-refractivity contribution in [2.24, 2.45) is 0 Å². The summed E-state index contributed by atoms with van der Waals surface area (Å²) in [6, 6.07) is 2.07. The van der Waals surface area contributed by atoms with Crippen molar-refractivity contribution in [1.82, 2.24) is 4.90 Å². The van der Waals surface area contributed by atoms with Crippen LogP contribution in [0.1, 0.15) is 41.6 Å². The Morgan fingerprint density at radius 2 is 2.14 bits per heavy atom. The first-order valence-corrected chi connectivity index (χ1v) is 7.12. The molecule has 6 heteroatoms. The molecule has 0 amide bonds. The Hall–Kier alpha value is -1.82. The number of nitrogens with zero attached hydrogens (tertiary/aromatic N) is 1. The molecule has 0 bridgehead atoms. The van der Waals surface area contributed by atoms with Crippen LogP contribution in [0.4, 0.5) is 0 Å². The number of carbonyl (C=O) groups is 2. The summed E-state index contributed by atoms with van der Waals surface area (Å²) in [4.78, 5) is 25.2. The zero-order valence-electron chi connectivity index (χ0n) is 12.7. The second-order valence-corrected chi connectivity index (χ2v) is 5.12. The molecule has 2 rings (SSSR count). The van der Waals surface area contributed by atoms with Crippen molar-refractivity contribution in [3.8, 4) is 0 Å². The van der Waals surface area contributed by atoms with Gasteiger partial charge in [0.15, 0.2) is 0 Å². The molecule has 0 atom stereocenters. The summed E-state index contributed by atoms with van der Waals surface area (Å²) in [6.45, 7) is 4.62. The van der Waals surface area contributed by atoms with Gasteiger partial charge in [-0.25, -0.2) is 4.79 Å². The first-order valence-electron chi connectivity index (χ1n) is 7.12. The molecule has 1 aromatic rings. The summed E-state index contributed by atoms with van der Waals surface area (Å²) in [6.07, 6.45) is 2.14. The van der Waals surface area contributed by atoms with Gasteiger partial charge in [0.2, 0.25) is 0 Å². The van der Waals surface area contributed by atoms with Crippen molar-refractivity contribution in [3.05, 3.63) is 23.2 Å². The first-order chi connectivity index (χ1) is 10.0. The quantitative estimate of drug-likeness (QED) is 0.716. The zero-order chi connectivity index (χ0) is 15.4. The van der Waals surface area contributed by atoms with Gasteiger partial charge in [0.05, 0.1) is 26.8 Å². The summed E-state index contributed by atoms with van der Waals surface area (Å²) in [5.74, 6) is 0.541. The van der Waals surface area contributed by atoms with E-state index in [4.69, 9.17) is 13.9 Å². The maximum atomic E-state index is 11.6. The Kier molecular flexibility index (Phi) is 5.01. The minimum Gasteiger partial charge on any atom is -0.465 e. The van der Waals surface area contributed by atoms with Crippen molar-refractivity contribution in [3.63, 3.8) is 0 Å². The van der Waals surface area contributed by atoms with E-state index in [1.54, 1.807) is 19.9 Å². The van der Waals surface area contributed by atoms with Crippen LogP contribution >= 0.6 is 0 Å². The van der Waals surface area contributed by atoms with Crippen LogP contribution in [0.5, 0.6) is 0 Å². The number of ether oxygens (including phenoxy) is 2. The van der Waals surface area contributed by atoms with E-state index in [0.717, 1.165) is 12.8 Å². The lowest BCUT2D eigenvalue weighted by atomic mass is 10.2. The number of carbonyl (C=O) groups excluding carboxylic acids is 2. The summed E-state index contributed by atoms with van der Waals surface area (Å²) < 4.78 is 15.3. The van der Waals surface area contributed by atoms with Gasteiger partial charge in [0, 0.05) is 6.04 Å². The Balaban J connectivity index is 2.03. The van der Waals surface area contributed by atoms with E-state index in [2.05, 4.69) is 0 Å². The molecule has 0 unspecified atom stereocenters. The van der Waals surface area contributed by atoms with E-state index < -0.39 is 5.97 Å². The highest BCUT2D eigenvalue weighted by atomic mass is 16.5. The highest BCUT2D eigenvalue weighted by molar-refractivity contribution is 5.90. The molecule has 6 nitrogen and oxygen atoms in total. The average molecular weight is 295 g/mol. The van der Waals surface area contributed by atoms with E-state index in [9.17, 15) is 9.59 Å². The summed E-state index contributed by atoms with van der Waals surface area (Å²) in [5.41, 5.74) is 0.430. The molecular weight excluding hydrogens is 274 g/mol. The molecule has 21 heavy (non-hydrogen) atoms. The molecule has 116 valence electrons. The van der Waals surface area contributed by atoms with Crippen LogP contribution in [0.3, 0.4) is 0 Å². The van der Waals surface area contributed by atoms with Gasteiger partial charge in [0.25, 0.3) is 0 Å². The third-order valence-electron chi connectivity index (χ3n) is 3.43. The van der Waals surface area contributed by atoms with Crippen LogP contribution < -0.4 is 0 Å². The van der Waals surface area contributed by atoms with Crippen LogP contribution in [0.2, 0.25) is 0 Å². The SMILES string of the molecule is CCOC(=O)CN(Cc1cc(C(=O)OC)c(C)o1)C1CC1. The van der Waals surface area contributed by atoms with Crippen LogP contribution in [0, 0.1) is 6.92 Å². The number of hydrogen-bond donors (Lipinski definition) is 0. The number of esters is 2. The molecule has 1 aliphatic carbocycles. The molecule has 0 saturated heterocycles. The molecule has 0 aromatic carbocycles. The van der Waals surface area contributed by atoms with Gasteiger partial charge in [-0.1, -0.05) is 0 Å². The standard InChI is InChI=1S/C15H21NO5/c1-4-20-14(17)9-16(11-5-6-11)8-12-7-13(10(2)21-12)15(18)19-3/h7,11H,4-6,8-9H2,1-3H3. The molecule has 0 aliphatic heterocycles. The fourth-order valence-electron chi connectivity index (χ4n) is 2.26. The molecule has 0 spiro atoms. The number of aryl methyl sites for hydroxylation is 1. The predicted molar refractivity (Wildman–Crippen MR) is 74.8 cm³/mol. The fourth-order valence-corrected chi connectivity index (χ4v) is 2.26. The van der Waals surface area contributed by atoms with E-state index in [0.29, 0.717) is 36.3 Å². The molecule has 1 aromatic heterocycles. The second kappa shape index (κ2) is 6.76. The van der Waals surface area contributed by atoms with Crippen LogP contribution in [0.25, 0.3) is 0 Å². The van der Waals surface area contributed by atoms with Gasteiger partial charge in [-0.05, 0) is 32.8 Å². The highest BCUT2D eigenvalue weighted by Gasteiger charge is 2.31. The number of hydrogen-bond acceptors (Lipinski definition) is 6. The summed E-state index contributed by atoms with van der Waals surface area (Å²) in [5, 5.41) is 0. The second-order valence-electron chi connectivity index (χ2n) is 5.12. The summed E-state index contributed by atoms with van der Waals surface area (Å²) >= 11 is 0. The van der Waals surface area contributed by atoms with Gasteiger partial charge in [-0.2, -0.15) is 0 Å². The van der Waals surface area contributed by atoms with Crippen LogP contribution in [0.15, 0.2) is 10.5 Å². The van der Waals surface area contributed by atoms with Crippen molar-refractivity contribution in [2.75, 3.05) is 20.3 Å². The maximum Gasteiger partial charge on any atom is 0.341 e. The summed E-state index contributed by atoms with van der Waals surface area (Å²) in [7, 11) is 1.34. The van der Waals surface area contributed by atoms with Gasteiger partial charge >= 0.3 is 11.9 Å². The number of furan rings is 1. The smallest absolute Gasteiger partial charge is 0.341 e. The topological polar surface area (TPSA) is 69.0 Å². The Morgan fingerprint density at radius 1 is 1.43 bits per heavy atom. The van der Waals surface area contributed by atoms with Crippen LogP contribution in [-0.4, -0.2) is 43.1 Å². The molecular formula is C15H21NO5. The minimum atomic E-state index is -0.411. The molecule has 1 heterocycles. The van der Waals surface area contributed by atoms with E-state index in [1.165, 1.54) is 7.11 Å². The lowest BCUT2D eigenvalue weighted by molar-refractivity contribution is -0.144. The monoisotopic (exact) mass is 295 g/mol. The van der Waals surface area contributed by atoms with Gasteiger partial charge in [-0.15, -0.1) is 0 Å². The largest absolute Gasteiger partial charge is 0.465 e. The van der Waals surface area contributed by atoms with Crippen LogP contribution in [-0.2, 0) is 20.8 Å². The molecule has 1 aliphatic rings. The van der Waals surface area contributed by atoms with Crippen molar-refractivity contribution < 1.29 is 23.5 Å². The lowest BCUT2D eigenvalue weighted by Crippen LogP contribution is -2.32. The highest BCUT2D eigenvalue weighted by Crippen LogP contribution is 2.29. The van der Waals surface area contributed by atoms with Gasteiger partial charge in [0.1, 0.15) is 17.1 Å². The van der Waals surface area contributed by atoms with Gasteiger partial charge < -0.3 is 13.9 Å². The third-order valence-corrected chi connectivity index (χ3v) is 3.43. The van der Waals surface area contributed by atoms with Crippen molar-refractivity contribution in [2.45, 2.75) is 39.3 Å². The fraction of sp³-hybridized carbons (Fsp3) is 0.600. The molecule has 0 radical (unpaired) electrons. The maximum absolute atomic E-state index is 11.6. The Labute approximate surface area is 124 Å². The average Bonchev–Trinajstić information content (AvgIpc) is 3.22. The molecule has 1 fully saturated rings. The van der Waals surface area contributed by atoms with Gasteiger partial charge in [-0.3, -0.25) is 9.69 Å².